The number of benzene rings is 2. The monoisotopic (exact) mass is 490 g/mol. The summed E-state index contributed by atoms with van der Waals surface area (Å²) in [7, 11) is 0. The number of aliphatic hydroxyl groups is 1. The number of hydrogen-bond acceptors (Lipinski definition) is 5. The van der Waals surface area contributed by atoms with Crippen LogP contribution in [-0.2, 0) is 19.1 Å². The Kier molecular flexibility index (Phi) is 7.59. The van der Waals surface area contributed by atoms with Crippen LogP contribution >= 0.6 is 0 Å². The second-order valence-electron chi connectivity index (χ2n) is 9.73. The summed E-state index contributed by atoms with van der Waals surface area (Å²) in [5.41, 5.74) is 3.30. The number of hydrogen-bond donors (Lipinski definition) is 2. The average Bonchev–Trinajstić information content (AvgIpc) is 3.15. The number of anilines is 1. The van der Waals surface area contributed by atoms with E-state index >= 15 is 0 Å². The molecule has 2 aromatic carbocycles. The molecule has 0 bridgehead atoms. The molecule has 2 aliphatic rings. The van der Waals surface area contributed by atoms with Crippen LogP contribution < -0.4 is 5.32 Å². The zero-order valence-electron chi connectivity index (χ0n) is 21.2. The Morgan fingerprint density at radius 1 is 1.11 bits per heavy atom. The zero-order chi connectivity index (χ0) is 26.0. The molecule has 7 nitrogen and oxygen atoms in total. The molecule has 1 saturated heterocycles. The Morgan fingerprint density at radius 2 is 1.83 bits per heavy atom. The normalized spacial score (nSPS) is 25.9. The van der Waals surface area contributed by atoms with E-state index in [0.717, 1.165) is 16.7 Å². The molecule has 1 aliphatic carbocycles. The lowest BCUT2D eigenvalue weighted by molar-refractivity contribution is -0.155. The van der Waals surface area contributed by atoms with Gasteiger partial charge < -0.3 is 20.1 Å². The van der Waals surface area contributed by atoms with Gasteiger partial charge in [-0.3, -0.25) is 14.4 Å². The van der Waals surface area contributed by atoms with Crippen molar-refractivity contribution in [3.05, 3.63) is 77.4 Å². The number of esters is 1. The fraction of sp³-hybridized carbons (Fsp3) is 0.414. The van der Waals surface area contributed by atoms with E-state index in [1.807, 2.05) is 81.5 Å². The van der Waals surface area contributed by atoms with Crippen LogP contribution in [0, 0.1) is 37.5 Å². The average molecular weight is 491 g/mol. The van der Waals surface area contributed by atoms with Crippen molar-refractivity contribution in [2.24, 2.45) is 23.7 Å². The second-order valence-corrected chi connectivity index (χ2v) is 9.73. The smallest absolute Gasteiger partial charge is 0.310 e. The predicted molar refractivity (Wildman–Crippen MR) is 137 cm³/mol. The van der Waals surface area contributed by atoms with Crippen LogP contribution in [0.2, 0.25) is 0 Å². The summed E-state index contributed by atoms with van der Waals surface area (Å²) in [4.78, 5) is 42.4. The number of carbonyl (C=O) groups is 3. The van der Waals surface area contributed by atoms with Gasteiger partial charge >= 0.3 is 5.97 Å². The maximum Gasteiger partial charge on any atom is 0.310 e. The number of rotatable bonds is 7. The molecule has 0 aromatic heterocycles. The Hall–Kier alpha value is -3.45. The molecule has 4 rings (SSSR count). The summed E-state index contributed by atoms with van der Waals surface area (Å²) in [5.74, 6) is -3.32. The van der Waals surface area contributed by atoms with Crippen molar-refractivity contribution in [2.75, 3.05) is 18.5 Å². The molecule has 2 amide bonds. The van der Waals surface area contributed by atoms with Crippen molar-refractivity contribution in [1.29, 1.82) is 0 Å². The second kappa shape index (κ2) is 10.7. The number of aryl methyl sites for hydroxylation is 2. The summed E-state index contributed by atoms with van der Waals surface area (Å²) in [5, 5.41) is 13.5. The Labute approximate surface area is 212 Å². The van der Waals surface area contributed by atoms with Crippen molar-refractivity contribution < 1.29 is 24.2 Å². The van der Waals surface area contributed by atoms with Crippen LogP contribution in [0.4, 0.5) is 5.69 Å². The Morgan fingerprint density at radius 3 is 2.50 bits per heavy atom. The van der Waals surface area contributed by atoms with E-state index in [-0.39, 0.29) is 30.9 Å². The maximum absolute atomic E-state index is 14.1. The van der Waals surface area contributed by atoms with Crippen LogP contribution in [-0.4, -0.2) is 47.0 Å². The van der Waals surface area contributed by atoms with E-state index < -0.39 is 35.8 Å². The molecular formula is C29H34N2O5. The van der Waals surface area contributed by atoms with E-state index in [1.54, 1.807) is 6.92 Å². The van der Waals surface area contributed by atoms with Gasteiger partial charge in [0.05, 0.1) is 31.1 Å². The molecule has 0 spiro atoms. The van der Waals surface area contributed by atoms with E-state index in [4.69, 9.17) is 4.74 Å². The van der Waals surface area contributed by atoms with Crippen molar-refractivity contribution in [3.8, 4) is 0 Å². The van der Waals surface area contributed by atoms with Crippen LogP contribution in [0.15, 0.2) is 60.7 Å². The number of fused-ring (bicyclic) bond motifs is 1. The van der Waals surface area contributed by atoms with Crippen molar-refractivity contribution in [2.45, 2.75) is 39.8 Å². The molecule has 1 fully saturated rings. The molecule has 7 heteroatoms. The first kappa shape index (κ1) is 25.6. The predicted octanol–water partition coefficient (Wildman–Crippen LogP) is 3.80. The molecule has 190 valence electrons. The number of allylic oxidation sites excluding steroid dienone is 1. The van der Waals surface area contributed by atoms with Gasteiger partial charge in [-0.05, 0) is 49.4 Å². The summed E-state index contributed by atoms with van der Waals surface area (Å²) >= 11 is 0. The van der Waals surface area contributed by atoms with E-state index in [2.05, 4.69) is 5.32 Å². The standard InChI is InChI=1S/C29H34N2O5/c1-5-36-29(35)24-19(4)13-14-21-25(24)28(34)31(23(16-32)20-9-7-6-8-10-20)26(21)27(33)30-22-15-17(2)11-12-18(22)3/h6-15,19,21,23-26,32H,5,16H2,1-4H3,(H,30,33)/t19-,21+,23-,24-,25-,26+/m1/s1. The minimum Gasteiger partial charge on any atom is -0.466 e. The molecule has 0 saturated carbocycles. The number of likely N-dealkylation sites (tertiary alicyclic amines) is 1. The first-order chi connectivity index (χ1) is 17.3. The Bertz CT molecular complexity index is 1160. The Balaban J connectivity index is 1.79. The molecule has 0 radical (unpaired) electrons. The highest BCUT2D eigenvalue weighted by molar-refractivity contribution is 6.02. The highest BCUT2D eigenvalue weighted by atomic mass is 16.5. The summed E-state index contributed by atoms with van der Waals surface area (Å²) < 4.78 is 5.34. The highest BCUT2D eigenvalue weighted by Crippen LogP contribution is 2.47. The van der Waals surface area contributed by atoms with Crippen molar-refractivity contribution >= 4 is 23.5 Å². The third-order valence-electron chi connectivity index (χ3n) is 7.38. The largest absolute Gasteiger partial charge is 0.466 e. The molecule has 2 N–H and O–H groups in total. The lowest BCUT2D eigenvalue weighted by Crippen LogP contribution is -2.47. The fourth-order valence-electron chi connectivity index (χ4n) is 5.58. The van der Waals surface area contributed by atoms with Gasteiger partial charge in [-0.25, -0.2) is 0 Å². The molecule has 1 aliphatic heterocycles. The van der Waals surface area contributed by atoms with Gasteiger partial charge in [-0.1, -0.05) is 61.5 Å². The van der Waals surface area contributed by atoms with Crippen LogP contribution in [0.25, 0.3) is 0 Å². The minimum atomic E-state index is -0.902. The minimum absolute atomic E-state index is 0.209. The zero-order valence-corrected chi connectivity index (χ0v) is 21.2. The number of amides is 2. The van der Waals surface area contributed by atoms with Gasteiger partial charge in [0.25, 0.3) is 0 Å². The first-order valence-corrected chi connectivity index (χ1v) is 12.5. The number of nitrogens with one attached hydrogen (secondary N) is 1. The molecule has 36 heavy (non-hydrogen) atoms. The summed E-state index contributed by atoms with van der Waals surface area (Å²) in [6.45, 7) is 7.33. The fourth-order valence-corrected chi connectivity index (χ4v) is 5.58. The van der Waals surface area contributed by atoms with Gasteiger partial charge in [0.1, 0.15) is 6.04 Å². The number of nitrogens with zero attached hydrogens (tertiary/aromatic N) is 1. The van der Waals surface area contributed by atoms with Crippen LogP contribution in [0.1, 0.15) is 36.6 Å². The topological polar surface area (TPSA) is 95.9 Å². The molecular weight excluding hydrogens is 456 g/mol. The summed E-state index contributed by atoms with van der Waals surface area (Å²) in [6.07, 6.45) is 3.78. The molecule has 6 atom stereocenters. The van der Waals surface area contributed by atoms with Crippen molar-refractivity contribution in [3.63, 3.8) is 0 Å². The van der Waals surface area contributed by atoms with E-state index in [9.17, 15) is 19.5 Å². The maximum atomic E-state index is 14.1. The van der Waals surface area contributed by atoms with E-state index in [0.29, 0.717) is 5.69 Å². The molecule has 0 unspecified atom stereocenters. The SMILES string of the molecule is CCOC(=O)[C@H]1[C@@H]2C(=O)N([C@H](CO)c3ccccc3)[C@H](C(=O)Nc3cc(C)ccc3C)[C@H]2C=C[C@H]1C. The number of carbonyl (C=O) groups excluding carboxylic acids is 3. The quantitative estimate of drug-likeness (QED) is 0.455. The van der Waals surface area contributed by atoms with Crippen LogP contribution in [0.3, 0.4) is 0 Å². The van der Waals surface area contributed by atoms with E-state index in [1.165, 1.54) is 4.90 Å². The third-order valence-corrected chi connectivity index (χ3v) is 7.38. The first-order valence-electron chi connectivity index (χ1n) is 12.5. The number of ether oxygens (including phenoxy) is 1. The van der Waals surface area contributed by atoms with Gasteiger partial charge in [0, 0.05) is 11.6 Å². The number of aliphatic hydroxyl groups excluding tert-OH is 1. The van der Waals surface area contributed by atoms with Crippen LogP contribution in [0.5, 0.6) is 0 Å². The van der Waals surface area contributed by atoms with Crippen molar-refractivity contribution in [1.82, 2.24) is 4.90 Å². The third kappa shape index (κ3) is 4.67. The molecule has 2 aromatic rings. The van der Waals surface area contributed by atoms with Gasteiger partial charge in [0.15, 0.2) is 0 Å². The summed E-state index contributed by atoms with van der Waals surface area (Å²) in [6, 6.07) is 13.4. The van der Waals surface area contributed by atoms with Gasteiger partial charge in [-0.2, -0.15) is 0 Å². The highest BCUT2D eigenvalue weighted by Gasteiger charge is 2.58. The van der Waals surface area contributed by atoms with Gasteiger partial charge in [0.2, 0.25) is 11.8 Å². The lowest BCUT2D eigenvalue weighted by Gasteiger charge is -2.33. The molecule has 1 heterocycles. The lowest BCUT2D eigenvalue weighted by atomic mass is 9.70. The van der Waals surface area contributed by atoms with Gasteiger partial charge in [-0.15, -0.1) is 0 Å².